The summed E-state index contributed by atoms with van der Waals surface area (Å²) >= 11 is 0. The fourth-order valence-electron chi connectivity index (χ4n) is 4.06. The van der Waals surface area contributed by atoms with Crippen LogP contribution in [0.15, 0.2) is 36.4 Å². The van der Waals surface area contributed by atoms with Crippen LogP contribution in [-0.2, 0) is 19.0 Å². The predicted molar refractivity (Wildman–Crippen MR) is 124 cm³/mol. The lowest BCUT2D eigenvalue weighted by Gasteiger charge is -2.47. The average Bonchev–Trinajstić information content (AvgIpc) is 2.67. The van der Waals surface area contributed by atoms with Crippen molar-refractivity contribution in [1.29, 1.82) is 0 Å². The van der Waals surface area contributed by atoms with Crippen LogP contribution >= 0.6 is 15.6 Å². The summed E-state index contributed by atoms with van der Waals surface area (Å²) in [5.41, 5.74) is 1.32. The monoisotopic (exact) mass is 522 g/mol. The molecule has 192 valence electrons. The minimum Gasteiger partial charge on any atom is -0.395 e. The van der Waals surface area contributed by atoms with Crippen LogP contribution in [0.1, 0.15) is 33.4 Å². The Kier molecular flexibility index (Phi) is 10.4. The minimum atomic E-state index is -5.05. The lowest BCUT2D eigenvalue weighted by molar-refractivity contribution is -0.137. The van der Waals surface area contributed by atoms with E-state index >= 15 is 0 Å². The Balaban J connectivity index is 0.000000546. The third-order valence-electron chi connectivity index (χ3n) is 5.57. The fourth-order valence-corrected chi connectivity index (χ4v) is 5.17. The van der Waals surface area contributed by atoms with E-state index in [-0.39, 0.29) is 0 Å². The summed E-state index contributed by atoms with van der Waals surface area (Å²) in [5.74, 6) is 0. The molecule has 0 aliphatic heterocycles. The summed E-state index contributed by atoms with van der Waals surface area (Å²) < 4.78 is 22.2. The molecule has 0 aliphatic carbocycles. The molecule has 0 fully saturated rings. The number of aliphatic hydroxyl groups excluding tert-OH is 3. The van der Waals surface area contributed by atoms with Crippen molar-refractivity contribution in [2.75, 3.05) is 19.8 Å². The molecular formula is C21H32O11P2. The third kappa shape index (κ3) is 6.81. The molecule has 0 radical (unpaired) electrons. The van der Waals surface area contributed by atoms with E-state index in [4.69, 9.17) is 19.6 Å². The minimum absolute atomic E-state index is 0.557. The first kappa shape index (κ1) is 30.6. The molecule has 0 aromatic heterocycles. The Morgan fingerprint density at radius 3 is 1.12 bits per heavy atom. The molecule has 0 saturated carbocycles. The fraction of sp³-hybridized carbons (Fsp3) is 0.429. The quantitative estimate of drug-likeness (QED) is 0.232. The topological polar surface area (TPSA) is 205 Å². The molecule has 2 aromatic carbocycles. The molecule has 2 aromatic rings. The van der Waals surface area contributed by atoms with Crippen LogP contribution in [0, 0.1) is 33.1 Å². The number of phosphoric acid groups is 2. The van der Waals surface area contributed by atoms with Gasteiger partial charge in [-0.25, -0.2) is 9.13 Å². The van der Waals surface area contributed by atoms with Crippen molar-refractivity contribution in [3.8, 4) is 0 Å². The van der Waals surface area contributed by atoms with Crippen molar-refractivity contribution in [3.63, 3.8) is 0 Å². The molecule has 0 unspecified atom stereocenters. The summed E-state index contributed by atoms with van der Waals surface area (Å²) in [6, 6.07) is 11.3. The van der Waals surface area contributed by atoms with E-state index in [1.165, 1.54) is 0 Å². The number of rotatable bonds is 8. The third-order valence-corrected chi connectivity index (χ3v) is 7.28. The van der Waals surface area contributed by atoms with Gasteiger partial charge in [-0.3, -0.25) is 0 Å². The number of benzene rings is 2. The Hall–Kier alpha value is -1.46. The smallest absolute Gasteiger partial charge is 0.395 e. The van der Waals surface area contributed by atoms with Crippen LogP contribution in [0.25, 0.3) is 0 Å². The Labute approximate surface area is 197 Å². The van der Waals surface area contributed by atoms with Crippen molar-refractivity contribution in [1.82, 2.24) is 0 Å². The van der Waals surface area contributed by atoms with Crippen molar-refractivity contribution >= 4 is 15.6 Å². The second-order valence-corrected chi connectivity index (χ2v) is 10.7. The maximum absolute atomic E-state index is 12.1. The predicted octanol–water partition coefficient (Wildman–Crippen LogP) is 1.31. The molecule has 0 aliphatic rings. The van der Waals surface area contributed by atoms with Gasteiger partial charge in [0.2, 0.25) is 0 Å². The zero-order valence-corrected chi connectivity index (χ0v) is 21.1. The van der Waals surface area contributed by atoms with E-state index in [9.17, 15) is 29.6 Å². The summed E-state index contributed by atoms with van der Waals surface area (Å²) in [4.78, 5) is 31.0. The molecule has 2 rings (SSSR count). The molecule has 0 bridgehead atoms. The van der Waals surface area contributed by atoms with E-state index in [0.29, 0.717) is 11.1 Å². The second-order valence-electron chi connectivity index (χ2n) is 8.06. The summed E-state index contributed by atoms with van der Waals surface area (Å²) in [6.45, 7) is 5.87. The van der Waals surface area contributed by atoms with Crippen molar-refractivity contribution in [3.05, 3.63) is 69.8 Å². The van der Waals surface area contributed by atoms with Gasteiger partial charge >= 0.3 is 15.6 Å². The lowest BCUT2D eigenvalue weighted by Crippen LogP contribution is -2.55. The highest BCUT2D eigenvalue weighted by Gasteiger charge is 2.54. The zero-order chi connectivity index (χ0) is 26.5. The first-order valence-electron chi connectivity index (χ1n) is 10.0. The number of hydrogen-bond acceptors (Lipinski definition) is 7. The van der Waals surface area contributed by atoms with E-state index in [0.717, 1.165) is 22.3 Å². The first-order chi connectivity index (χ1) is 15.5. The first-order valence-corrected chi connectivity index (χ1v) is 13.1. The van der Waals surface area contributed by atoms with Gasteiger partial charge in [0, 0.05) is 0 Å². The lowest BCUT2D eigenvalue weighted by atomic mass is 9.62. The van der Waals surface area contributed by atoms with Crippen LogP contribution in [0.4, 0.5) is 0 Å². The second kappa shape index (κ2) is 11.5. The van der Waals surface area contributed by atoms with Crippen LogP contribution in [0.5, 0.6) is 0 Å². The standard InChI is InChI=1S/C21H28O4.H4O7P2/c1-14-7-5-8-15(2)18(14)21(25,20(11-22,12-23)13-24)19-16(3)9-6-10-17(19)4;1-8(2,3)7-9(4,5)6/h5-10,22-25H,11-13H2,1-4H3;(H2,1,2,3)(H2,4,5,6). The van der Waals surface area contributed by atoms with Crippen LogP contribution in [0.2, 0.25) is 0 Å². The van der Waals surface area contributed by atoms with Crippen LogP contribution in [0.3, 0.4) is 0 Å². The maximum Gasteiger partial charge on any atom is 0.478 e. The van der Waals surface area contributed by atoms with E-state index in [1.54, 1.807) is 0 Å². The highest BCUT2D eigenvalue weighted by atomic mass is 31.3. The highest BCUT2D eigenvalue weighted by molar-refractivity contribution is 7.60. The summed E-state index contributed by atoms with van der Waals surface area (Å²) in [7, 11) is -10.1. The molecule has 0 spiro atoms. The normalized spacial score (nSPS) is 12.8. The highest BCUT2D eigenvalue weighted by Crippen LogP contribution is 2.54. The Morgan fingerprint density at radius 2 is 0.941 bits per heavy atom. The van der Waals surface area contributed by atoms with Gasteiger partial charge in [-0.1, -0.05) is 36.4 Å². The SMILES string of the molecule is Cc1cccc(C)c1C(O)(c1c(C)cccc1C)C(CO)(CO)CO.O=P(O)(O)OP(=O)(O)O. The van der Waals surface area contributed by atoms with Crippen LogP contribution < -0.4 is 0 Å². The summed E-state index contributed by atoms with van der Waals surface area (Å²) in [5, 5.41) is 42.5. The van der Waals surface area contributed by atoms with Crippen LogP contribution in [-0.4, -0.2) is 59.8 Å². The average molecular weight is 522 g/mol. The molecule has 34 heavy (non-hydrogen) atoms. The van der Waals surface area contributed by atoms with Gasteiger partial charge in [0.1, 0.15) is 5.60 Å². The Bertz CT molecular complexity index is 950. The molecule has 0 atom stereocenters. The van der Waals surface area contributed by atoms with Gasteiger partial charge in [0.25, 0.3) is 0 Å². The molecule has 8 N–H and O–H groups in total. The van der Waals surface area contributed by atoms with E-state index in [1.807, 2.05) is 64.1 Å². The maximum atomic E-state index is 12.1. The van der Waals surface area contributed by atoms with Crippen molar-refractivity contribution < 1.29 is 53.4 Å². The molecule has 13 heteroatoms. The van der Waals surface area contributed by atoms with Gasteiger partial charge < -0.3 is 40.0 Å². The molecular weight excluding hydrogens is 490 g/mol. The molecule has 0 saturated heterocycles. The van der Waals surface area contributed by atoms with E-state index < -0.39 is 46.5 Å². The number of hydrogen-bond donors (Lipinski definition) is 8. The van der Waals surface area contributed by atoms with Gasteiger partial charge in [0.15, 0.2) is 0 Å². The van der Waals surface area contributed by atoms with Gasteiger partial charge in [-0.15, -0.1) is 0 Å². The van der Waals surface area contributed by atoms with Gasteiger partial charge in [0.05, 0.1) is 25.2 Å². The number of aryl methyl sites for hydroxylation is 4. The van der Waals surface area contributed by atoms with E-state index in [2.05, 4.69) is 4.31 Å². The zero-order valence-electron chi connectivity index (χ0n) is 19.3. The largest absolute Gasteiger partial charge is 0.478 e. The van der Waals surface area contributed by atoms with Gasteiger partial charge in [-0.2, -0.15) is 4.31 Å². The number of aliphatic hydroxyl groups is 4. The molecule has 0 amide bonds. The molecule has 0 heterocycles. The van der Waals surface area contributed by atoms with Crippen molar-refractivity contribution in [2.24, 2.45) is 5.41 Å². The molecule has 11 nitrogen and oxygen atoms in total. The summed E-state index contributed by atoms with van der Waals surface area (Å²) in [6.07, 6.45) is 0. The Morgan fingerprint density at radius 1 is 0.676 bits per heavy atom. The van der Waals surface area contributed by atoms with Gasteiger partial charge in [-0.05, 0) is 61.1 Å². The van der Waals surface area contributed by atoms with Crippen molar-refractivity contribution in [2.45, 2.75) is 33.3 Å².